The molecule has 0 spiro atoms. The second-order valence-electron chi connectivity index (χ2n) is 7.50. The van der Waals surface area contributed by atoms with Crippen LogP contribution in [-0.4, -0.2) is 64.3 Å². The van der Waals surface area contributed by atoms with Crippen molar-refractivity contribution in [1.29, 1.82) is 0 Å². The van der Waals surface area contributed by atoms with E-state index in [-0.39, 0.29) is 29.6 Å². The molecule has 1 fully saturated rings. The molecule has 1 aliphatic heterocycles. The van der Waals surface area contributed by atoms with Crippen molar-refractivity contribution in [1.82, 2.24) is 10.2 Å². The zero-order valence-corrected chi connectivity index (χ0v) is 17.5. The number of rotatable bonds is 9. The topological polar surface area (TPSA) is 77.1 Å². The van der Waals surface area contributed by atoms with E-state index in [4.69, 9.17) is 14.2 Å². The Bertz CT molecular complexity index is 677. The first kappa shape index (κ1) is 22.0. The van der Waals surface area contributed by atoms with Crippen LogP contribution in [0.3, 0.4) is 0 Å². The zero-order valence-electron chi connectivity index (χ0n) is 17.5. The molecule has 1 heterocycles. The molecule has 0 bridgehead atoms. The number of hydrogen-bond acceptors (Lipinski definition) is 5. The van der Waals surface area contributed by atoms with Crippen LogP contribution in [0.4, 0.5) is 0 Å². The third-order valence-corrected chi connectivity index (χ3v) is 5.04. The molecule has 1 aromatic rings. The Morgan fingerprint density at radius 2 is 1.93 bits per heavy atom. The van der Waals surface area contributed by atoms with Crippen molar-refractivity contribution < 1.29 is 23.8 Å². The number of carbonyl (C=O) groups excluding carboxylic acids is 2. The molecular weight excluding hydrogens is 360 g/mol. The first-order valence-corrected chi connectivity index (χ1v) is 9.67. The Kier molecular flexibility index (Phi) is 8.11. The fourth-order valence-electron chi connectivity index (χ4n) is 3.60. The Morgan fingerprint density at radius 3 is 2.54 bits per heavy atom. The van der Waals surface area contributed by atoms with Gasteiger partial charge in [0.25, 0.3) is 0 Å². The Balaban J connectivity index is 2.28. The first-order chi connectivity index (χ1) is 13.4. The molecule has 1 aliphatic rings. The van der Waals surface area contributed by atoms with Gasteiger partial charge in [0.2, 0.25) is 11.8 Å². The lowest BCUT2D eigenvalue weighted by Gasteiger charge is -2.21. The monoisotopic (exact) mass is 392 g/mol. The molecule has 0 saturated carbocycles. The van der Waals surface area contributed by atoms with Crippen molar-refractivity contribution >= 4 is 11.8 Å². The van der Waals surface area contributed by atoms with Gasteiger partial charge in [-0.25, -0.2) is 0 Å². The number of nitrogens with one attached hydrogen (secondary N) is 1. The van der Waals surface area contributed by atoms with E-state index < -0.39 is 0 Å². The summed E-state index contributed by atoms with van der Waals surface area (Å²) >= 11 is 0. The van der Waals surface area contributed by atoms with Gasteiger partial charge in [-0.15, -0.1) is 0 Å². The van der Waals surface area contributed by atoms with Crippen molar-refractivity contribution in [2.75, 3.05) is 47.6 Å². The van der Waals surface area contributed by atoms with Crippen molar-refractivity contribution in [3.05, 3.63) is 23.8 Å². The summed E-state index contributed by atoms with van der Waals surface area (Å²) in [4.78, 5) is 27.3. The number of amides is 2. The minimum Gasteiger partial charge on any atom is -0.497 e. The molecule has 0 radical (unpaired) electrons. The minimum absolute atomic E-state index is 0.0697. The molecule has 0 unspecified atom stereocenters. The summed E-state index contributed by atoms with van der Waals surface area (Å²) in [5.74, 6) is 1.16. The molecule has 1 aromatic carbocycles. The molecule has 156 valence electrons. The quantitative estimate of drug-likeness (QED) is 0.651. The van der Waals surface area contributed by atoms with Crippen LogP contribution in [0.15, 0.2) is 18.2 Å². The number of ether oxygens (including phenoxy) is 3. The van der Waals surface area contributed by atoms with E-state index in [1.54, 1.807) is 26.2 Å². The number of benzene rings is 1. The summed E-state index contributed by atoms with van der Waals surface area (Å²) < 4.78 is 15.8. The molecular formula is C21H32N2O5. The maximum Gasteiger partial charge on any atom is 0.225 e. The van der Waals surface area contributed by atoms with Gasteiger partial charge in [0, 0.05) is 50.7 Å². The lowest BCUT2D eigenvalue weighted by Crippen LogP contribution is -2.37. The van der Waals surface area contributed by atoms with Gasteiger partial charge >= 0.3 is 0 Å². The van der Waals surface area contributed by atoms with E-state index in [0.29, 0.717) is 44.2 Å². The molecule has 7 heteroatoms. The molecule has 0 aromatic heterocycles. The normalized spacial score (nSPS) is 19.0. The standard InChI is InChI=1S/C21H32N2O5/c1-14(2)10-20(24)23-12-17(18(13-23)21(25)22-8-9-26-3)16-7-6-15(27-4)11-19(16)28-5/h6-7,11,14,17-18H,8-10,12-13H2,1-5H3,(H,22,25)/t17-,18+/m1/s1. The average molecular weight is 392 g/mol. The van der Waals surface area contributed by atoms with Crippen LogP contribution in [0.1, 0.15) is 31.7 Å². The van der Waals surface area contributed by atoms with Crippen molar-refractivity contribution in [3.8, 4) is 11.5 Å². The number of nitrogens with zero attached hydrogens (tertiary/aromatic N) is 1. The van der Waals surface area contributed by atoms with Gasteiger partial charge < -0.3 is 24.4 Å². The fraction of sp³-hybridized carbons (Fsp3) is 0.619. The van der Waals surface area contributed by atoms with Gasteiger partial charge in [-0.1, -0.05) is 19.9 Å². The molecule has 1 saturated heterocycles. The van der Waals surface area contributed by atoms with Crippen LogP contribution in [0.2, 0.25) is 0 Å². The van der Waals surface area contributed by atoms with Gasteiger partial charge in [-0.2, -0.15) is 0 Å². The number of likely N-dealkylation sites (tertiary alicyclic amines) is 1. The Labute approximate surface area is 167 Å². The highest BCUT2D eigenvalue weighted by Gasteiger charge is 2.41. The Hall–Kier alpha value is -2.28. The smallest absolute Gasteiger partial charge is 0.225 e. The van der Waals surface area contributed by atoms with Gasteiger partial charge in [0.05, 0.1) is 26.7 Å². The first-order valence-electron chi connectivity index (χ1n) is 9.67. The third-order valence-electron chi connectivity index (χ3n) is 5.04. The maximum absolute atomic E-state index is 12.8. The van der Waals surface area contributed by atoms with Crippen LogP contribution < -0.4 is 14.8 Å². The predicted octanol–water partition coefficient (Wildman–Crippen LogP) is 2.05. The summed E-state index contributed by atoms with van der Waals surface area (Å²) in [6, 6.07) is 5.60. The summed E-state index contributed by atoms with van der Waals surface area (Å²) in [5, 5.41) is 2.92. The molecule has 2 atom stereocenters. The summed E-state index contributed by atoms with van der Waals surface area (Å²) in [6.45, 7) is 5.84. The molecule has 0 aliphatic carbocycles. The van der Waals surface area contributed by atoms with Gasteiger partial charge in [0.15, 0.2) is 0 Å². The lowest BCUT2D eigenvalue weighted by molar-refractivity contribution is -0.131. The molecule has 28 heavy (non-hydrogen) atoms. The highest BCUT2D eigenvalue weighted by Crippen LogP contribution is 2.39. The second kappa shape index (κ2) is 10.3. The van der Waals surface area contributed by atoms with Crippen molar-refractivity contribution in [3.63, 3.8) is 0 Å². The predicted molar refractivity (Wildman–Crippen MR) is 107 cm³/mol. The van der Waals surface area contributed by atoms with E-state index in [9.17, 15) is 9.59 Å². The summed E-state index contributed by atoms with van der Waals surface area (Å²) in [7, 11) is 4.80. The Morgan fingerprint density at radius 1 is 1.18 bits per heavy atom. The van der Waals surface area contributed by atoms with Crippen LogP contribution in [0.5, 0.6) is 11.5 Å². The van der Waals surface area contributed by atoms with Crippen LogP contribution >= 0.6 is 0 Å². The van der Waals surface area contributed by atoms with E-state index in [0.717, 1.165) is 5.56 Å². The van der Waals surface area contributed by atoms with Gasteiger partial charge in [-0.05, 0) is 12.0 Å². The largest absolute Gasteiger partial charge is 0.497 e. The highest BCUT2D eigenvalue weighted by atomic mass is 16.5. The zero-order chi connectivity index (χ0) is 20.7. The molecule has 7 nitrogen and oxygen atoms in total. The van der Waals surface area contributed by atoms with Crippen LogP contribution in [0, 0.1) is 11.8 Å². The third kappa shape index (κ3) is 5.38. The number of carbonyl (C=O) groups is 2. The SMILES string of the molecule is COCCNC(=O)[C@H]1CN(C(=O)CC(C)C)C[C@@H]1c1ccc(OC)cc1OC. The second-order valence-corrected chi connectivity index (χ2v) is 7.50. The summed E-state index contributed by atoms with van der Waals surface area (Å²) in [6.07, 6.45) is 0.477. The van der Waals surface area contributed by atoms with E-state index in [2.05, 4.69) is 5.32 Å². The average Bonchev–Trinajstić information content (AvgIpc) is 3.12. The maximum atomic E-state index is 12.8. The van der Waals surface area contributed by atoms with Crippen LogP contribution in [-0.2, 0) is 14.3 Å². The van der Waals surface area contributed by atoms with Crippen molar-refractivity contribution in [2.24, 2.45) is 11.8 Å². The molecule has 1 N–H and O–H groups in total. The van der Waals surface area contributed by atoms with E-state index in [1.807, 2.05) is 32.0 Å². The van der Waals surface area contributed by atoms with E-state index >= 15 is 0 Å². The fourth-order valence-corrected chi connectivity index (χ4v) is 3.60. The number of hydrogen-bond donors (Lipinski definition) is 1. The highest BCUT2D eigenvalue weighted by molar-refractivity contribution is 5.83. The number of methoxy groups -OCH3 is 3. The van der Waals surface area contributed by atoms with Crippen LogP contribution in [0.25, 0.3) is 0 Å². The minimum atomic E-state index is -0.338. The van der Waals surface area contributed by atoms with Gasteiger partial charge in [-0.3, -0.25) is 9.59 Å². The molecule has 2 rings (SSSR count). The molecule has 2 amide bonds. The lowest BCUT2D eigenvalue weighted by atomic mass is 9.87. The van der Waals surface area contributed by atoms with Gasteiger partial charge in [0.1, 0.15) is 11.5 Å². The summed E-state index contributed by atoms with van der Waals surface area (Å²) in [5.41, 5.74) is 0.912. The van der Waals surface area contributed by atoms with E-state index in [1.165, 1.54) is 0 Å². The van der Waals surface area contributed by atoms with Crippen molar-refractivity contribution in [2.45, 2.75) is 26.2 Å².